The molecular weight excluding hydrogens is 388 g/mol. The second-order valence-electron chi connectivity index (χ2n) is 6.80. The molecule has 0 radical (unpaired) electrons. The van der Waals surface area contributed by atoms with E-state index in [0.717, 1.165) is 34.3 Å². The quantitative estimate of drug-likeness (QED) is 0.486. The molecule has 1 aliphatic carbocycles. The van der Waals surface area contributed by atoms with Gasteiger partial charge in [-0.1, -0.05) is 48.2 Å². The number of rotatable bonds is 8. The number of likely N-dealkylation sites (N-methyl/N-ethyl adjacent to an activating group) is 1. The van der Waals surface area contributed by atoms with Gasteiger partial charge in [0.15, 0.2) is 11.0 Å². The smallest absolute Gasteiger partial charge is 0.240 e. The van der Waals surface area contributed by atoms with Crippen LogP contribution >= 0.6 is 23.1 Å². The standard InChI is InChI=1S/C21H24N4OS2/c1-3-24(4-2)20(26)18(15-9-6-5-7-10-15)28-21-23-22-19(17-11-8-14-27-17)25(21)16-12-13-16/h5-11,14,16,18H,3-4,12-13H2,1-2H3. The lowest BCUT2D eigenvalue weighted by molar-refractivity contribution is -0.130. The first kappa shape index (κ1) is 19.2. The van der Waals surface area contributed by atoms with Gasteiger partial charge in [-0.2, -0.15) is 0 Å². The van der Waals surface area contributed by atoms with Gasteiger partial charge in [0.05, 0.1) is 4.88 Å². The van der Waals surface area contributed by atoms with Crippen LogP contribution in [0.3, 0.4) is 0 Å². The summed E-state index contributed by atoms with van der Waals surface area (Å²) in [5.74, 6) is 1.05. The van der Waals surface area contributed by atoms with Crippen LogP contribution in [0.2, 0.25) is 0 Å². The molecule has 3 aromatic rings. The van der Waals surface area contributed by atoms with E-state index in [-0.39, 0.29) is 11.2 Å². The Morgan fingerprint density at radius 1 is 1.18 bits per heavy atom. The molecule has 2 heterocycles. The third-order valence-electron chi connectivity index (χ3n) is 4.94. The molecule has 1 saturated carbocycles. The number of benzene rings is 1. The van der Waals surface area contributed by atoms with Crippen LogP contribution in [0.25, 0.3) is 10.7 Å². The number of hydrogen-bond acceptors (Lipinski definition) is 5. The van der Waals surface area contributed by atoms with Crippen molar-refractivity contribution in [3.63, 3.8) is 0 Å². The van der Waals surface area contributed by atoms with Crippen LogP contribution in [-0.4, -0.2) is 38.7 Å². The zero-order valence-corrected chi connectivity index (χ0v) is 17.7. The Labute approximate surface area is 173 Å². The SMILES string of the molecule is CCN(CC)C(=O)C(Sc1nnc(-c2cccs2)n1C1CC1)c1ccccc1. The average molecular weight is 413 g/mol. The van der Waals surface area contributed by atoms with Gasteiger partial charge in [0.1, 0.15) is 5.25 Å². The molecular formula is C21H24N4OS2. The third-order valence-corrected chi connectivity index (χ3v) is 7.01. The van der Waals surface area contributed by atoms with E-state index in [4.69, 9.17) is 0 Å². The van der Waals surface area contributed by atoms with Crippen molar-refractivity contribution in [3.8, 4) is 10.7 Å². The Morgan fingerprint density at radius 3 is 2.54 bits per heavy atom. The Kier molecular flexibility index (Phi) is 5.82. The Bertz CT molecular complexity index is 915. The summed E-state index contributed by atoms with van der Waals surface area (Å²) in [5.41, 5.74) is 1.01. The van der Waals surface area contributed by atoms with E-state index in [1.807, 2.05) is 55.1 Å². The molecule has 1 unspecified atom stereocenters. The number of aromatic nitrogens is 3. The van der Waals surface area contributed by atoms with Crippen LogP contribution in [0.15, 0.2) is 53.0 Å². The number of carbonyl (C=O) groups excluding carboxylic acids is 1. The number of thioether (sulfide) groups is 1. The Morgan fingerprint density at radius 2 is 1.93 bits per heavy atom. The van der Waals surface area contributed by atoms with Gasteiger partial charge in [-0.15, -0.1) is 21.5 Å². The summed E-state index contributed by atoms with van der Waals surface area (Å²) in [5, 5.41) is 11.6. The third kappa shape index (κ3) is 3.86. The van der Waals surface area contributed by atoms with Gasteiger partial charge in [-0.3, -0.25) is 9.36 Å². The van der Waals surface area contributed by atoms with Crippen molar-refractivity contribution in [3.05, 3.63) is 53.4 Å². The van der Waals surface area contributed by atoms with Crippen molar-refractivity contribution >= 4 is 29.0 Å². The van der Waals surface area contributed by atoms with Crippen molar-refractivity contribution < 1.29 is 4.79 Å². The molecule has 5 nitrogen and oxygen atoms in total. The lowest BCUT2D eigenvalue weighted by Gasteiger charge is -2.25. The fourth-order valence-corrected chi connectivity index (χ4v) is 5.18. The summed E-state index contributed by atoms with van der Waals surface area (Å²) in [6.45, 7) is 5.45. The number of carbonyl (C=O) groups is 1. The first-order chi connectivity index (χ1) is 13.7. The van der Waals surface area contributed by atoms with Gasteiger partial charge < -0.3 is 4.90 Å². The van der Waals surface area contributed by atoms with Gasteiger partial charge in [0.25, 0.3) is 0 Å². The normalized spacial score (nSPS) is 14.8. The molecule has 0 aliphatic heterocycles. The van der Waals surface area contributed by atoms with Gasteiger partial charge >= 0.3 is 0 Å². The highest BCUT2D eigenvalue weighted by molar-refractivity contribution is 8.00. The molecule has 0 bridgehead atoms. The molecule has 4 rings (SSSR count). The molecule has 0 spiro atoms. The minimum Gasteiger partial charge on any atom is -0.342 e. The van der Waals surface area contributed by atoms with Gasteiger partial charge in [-0.05, 0) is 43.7 Å². The molecule has 0 saturated heterocycles. The lowest BCUT2D eigenvalue weighted by atomic mass is 10.1. The first-order valence-electron chi connectivity index (χ1n) is 9.72. The number of thiophene rings is 1. The fraction of sp³-hybridized carbons (Fsp3) is 0.381. The maximum atomic E-state index is 13.3. The molecule has 7 heteroatoms. The second-order valence-corrected chi connectivity index (χ2v) is 8.82. The second kappa shape index (κ2) is 8.49. The van der Waals surface area contributed by atoms with E-state index in [9.17, 15) is 4.79 Å². The molecule has 146 valence electrons. The van der Waals surface area contributed by atoms with Crippen molar-refractivity contribution in [2.75, 3.05) is 13.1 Å². The topological polar surface area (TPSA) is 51.0 Å². The van der Waals surface area contributed by atoms with Gasteiger partial charge in [0.2, 0.25) is 5.91 Å². The van der Waals surface area contributed by atoms with E-state index >= 15 is 0 Å². The highest BCUT2D eigenvalue weighted by atomic mass is 32.2. The number of amides is 1. The summed E-state index contributed by atoms with van der Waals surface area (Å²) in [7, 11) is 0. The predicted octanol–water partition coefficient (Wildman–Crippen LogP) is 5.04. The van der Waals surface area contributed by atoms with E-state index in [2.05, 4.69) is 26.2 Å². The van der Waals surface area contributed by atoms with Crippen molar-refractivity contribution in [1.29, 1.82) is 0 Å². The minimum atomic E-state index is -0.320. The molecule has 2 aromatic heterocycles. The van der Waals surface area contributed by atoms with Crippen molar-refractivity contribution in [1.82, 2.24) is 19.7 Å². The summed E-state index contributed by atoms with van der Waals surface area (Å²) < 4.78 is 2.24. The summed E-state index contributed by atoms with van der Waals surface area (Å²) in [6, 6.07) is 14.6. The highest BCUT2D eigenvalue weighted by Gasteiger charge is 2.34. The largest absolute Gasteiger partial charge is 0.342 e. The fourth-order valence-electron chi connectivity index (χ4n) is 3.29. The van der Waals surface area contributed by atoms with Crippen LogP contribution in [0.5, 0.6) is 0 Å². The molecule has 1 amide bonds. The van der Waals surface area contributed by atoms with Crippen LogP contribution in [-0.2, 0) is 4.79 Å². The van der Waals surface area contributed by atoms with Crippen LogP contribution < -0.4 is 0 Å². The Hall–Kier alpha value is -2.12. The minimum absolute atomic E-state index is 0.129. The van der Waals surface area contributed by atoms with E-state index in [1.165, 1.54) is 11.8 Å². The number of nitrogens with zero attached hydrogens (tertiary/aromatic N) is 4. The zero-order valence-electron chi connectivity index (χ0n) is 16.1. The first-order valence-corrected chi connectivity index (χ1v) is 11.5. The average Bonchev–Trinajstić information content (AvgIpc) is 3.25. The van der Waals surface area contributed by atoms with Crippen LogP contribution in [0.4, 0.5) is 0 Å². The maximum absolute atomic E-state index is 13.3. The lowest BCUT2D eigenvalue weighted by Crippen LogP contribution is -2.34. The molecule has 1 aromatic carbocycles. The summed E-state index contributed by atoms with van der Waals surface area (Å²) in [6.07, 6.45) is 2.29. The van der Waals surface area contributed by atoms with Crippen molar-refractivity contribution in [2.45, 2.75) is 43.1 Å². The molecule has 28 heavy (non-hydrogen) atoms. The van der Waals surface area contributed by atoms with E-state index in [1.54, 1.807) is 11.3 Å². The molecule has 0 N–H and O–H groups in total. The predicted molar refractivity (Wildman–Crippen MR) is 115 cm³/mol. The molecule has 1 fully saturated rings. The summed E-state index contributed by atoms with van der Waals surface area (Å²) >= 11 is 3.20. The maximum Gasteiger partial charge on any atom is 0.240 e. The summed E-state index contributed by atoms with van der Waals surface area (Å²) in [4.78, 5) is 16.3. The van der Waals surface area contributed by atoms with Gasteiger partial charge in [0, 0.05) is 19.1 Å². The highest BCUT2D eigenvalue weighted by Crippen LogP contribution is 2.45. The van der Waals surface area contributed by atoms with Crippen molar-refractivity contribution in [2.24, 2.45) is 0 Å². The molecule has 1 aliphatic rings. The van der Waals surface area contributed by atoms with Crippen LogP contribution in [0, 0.1) is 0 Å². The Balaban J connectivity index is 1.70. The monoisotopic (exact) mass is 412 g/mol. The number of hydrogen-bond donors (Lipinski definition) is 0. The molecule has 1 atom stereocenters. The van der Waals surface area contributed by atoms with Crippen LogP contribution in [0.1, 0.15) is 43.5 Å². The van der Waals surface area contributed by atoms with E-state index < -0.39 is 0 Å². The van der Waals surface area contributed by atoms with E-state index in [0.29, 0.717) is 19.1 Å². The van der Waals surface area contributed by atoms with Gasteiger partial charge in [-0.25, -0.2) is 0 Å². The zero-order chi connectivity index (χ0) is 19.5.